The molecule has 1 atom stereocenters. The van der Waals surface area contributed by atoms with Gasteiger partial charge in [0.25, 0.3) is 0 Å². The second-order valence-electron chi connectivity index (χ2n) is 5.01. The number of rotatable bonds is 10. The van der Waals surface area contributed by atoms with E-state index in [1.165, 1.54) is 51.5 Å². The van der Waals surface area contributed by atoms with Crippen LogP contribution < -0.4 is 5.32 Å². The minimum absolute atomic E-state index is 0.742. The number of hydrogen-bond acceptors (Lipinski definition) is 1. The molecule has 0 bridgehead atoms. The van der Waals surface area contributed by atoms with E-state index in [0.717, 1.165) is 12.0 Å². The average Bonchev–Trinajstić information content (AvgIpc) is 2.21. The number of nitrogens with one attached hydrogen (secondary N) is 1. The molecule has 0 aromatic rings. The summed E-state index contributed by atoms with van der Waals surface area (Å²) < 4.78 is 0. The molecule has 15 heavy (non-hydrogen) atoms. The van der Waals surface area contributed by atoms with Crippen LogP contribution in [-0.4, -0.2) is 12.6 Å². The van der Waals surface area contributed by atoms with Gasteiger partial charge in [0, 0.05) is 6.04 Å². The van der Waals surface area contributed by atoms with Gasteiger partial charge in [-0.25, -0.2) is 0 Å². The first-order chi connectivity index (χ1) is 7.22. The maximum atomic E-state index is 3.66. The van der Waals surface area contributed by atoms with E-state index in [1.54, 1.807) is 0 Å². The highest BCUT2D eigenvalue weighted by Crippen LogP contribution is 2.12. The molecule has 1 nitrogen and oxygen atoms in total. The predicted molar refractivity (Wildman–Crippen MR) is 70.3 cm³/mol. The molecule has 0 spiro atoms. The summed E-state index contributed by atoms with van der Waals surface area (Å²) in [5.41, 5.74) is 0. The van der Waals surface area contributed by atoms with E-state index in [9.17, 15) is 0 Å². The van der Waals surface area contributed by atoms with Crippen LogP contribution in [0.3, 0.4) is 0 Å². The summed E-state index contributed by atoms with van der Waals surface area (Å²) in [5.74, 6) is 0.780. The highest BCUT2D eigenvalue weighted by atomic mass is 14.9. The first kappa shape index (κ1) is 15.0. The predicted octanol–water partition coefficient (Wildman–Crippen LogP) is 4.37. The minimum atomic E-state index is 0.742. The Labute approximate surface area is 97.0 Å². The Kier molecular flexibility index (Phi) is 10.4. The molecule has 0 aliphatic heterocycles. The van der Waals surface area contributed by atoms with Gasteiger partial charge < -0.3 is 5.32 Å². The van der Waals surface area contributed by atoms with Crippen LogP contribution >= 0.6 is 0 Å². The zero-order valence-corrected chi connectivity index (χ0v) is 11.3. The summed E-state index contributed by atoms with van der Waals surface area (Å²) in [6, 6.07) is 0.742. The van der Waals surface area contributed by atoms with Crippen LogP contribution in [0.1, 0.15) is 72.6 Å². The van der Waals surface area contributed by atoms with Crippen LogP contribution in [0.2, 0.25) is 0 Å². The van der Waals surface area contributed by atoms with Gasteiger partial charge in [-0.05, 0) is 25.3 Å². The molecule has 1 heteroatoms. The van der Waals surface area contributed by atoms with Gasteiger partial charge >= 0.3 is 0 Å². The lowest BCUT2D eigenvalue weighted by molar-refractivity contribution is 0.364. The van der Waals surface area contributed by atoms with Crippen molar-refractivity contribution in [3.05, 3.63) is 0 Å². The SMILES string of the molecule is CCCCCCCC(NCCC)C(C)C. The third-order valence-corrected chi connectivity index (χ3v) is 3.08. The van der Waals surface area contributed by atoms with E-state index in [-0.39, 0.29) is 0 Å². The van der Waals surface area contributed by atoms with Gasteiger partial charge in [-0.2, -0.15) is 0 Å². The molecule has 0 radical (unpaired) electrons. The lowest BCUT2D eigenvalue weighted by Gasteiger charge is -2.22. The zero-order chi connectivity index (χ0) is 11.5. The van der Waals surface area contributed by atoms with Crippen molar-refractivity contribution in [2.24, 2.45) is 5.92 Å². The Morgan fingerprint density at radius 2 is 1.53 bits per heavy atom. The van der Waals surface area contributed by atoms with Crippen molar-refractivity contribution in [3.8, 4) is 0 Å². The fourth-order valence-electron chi connectivity index (χ4n) is 1.97. The van der Waals surface area contributed by atoms with E-state index in [1.807, 2.05) is 0 Å². The van der Waals surface area contributed by atoms with E-state index in [0.29, 0.717) is 0 Å². The van der Waals surface area contributed by atoms with Gasteiger partial charge in [0.1, 0.15) is 0 Å². The van der Waals surface area contributed by atoms with Crippen molar-refractivity contribution in [3.63, 3.8) is 0 Å². The Balaban J connectivity index is 3.48. The summed E-state index contributed by atoms with van der Waals surface area (Å²) in [6.07, 6.45) is 9.62. The molecule has 0 rings (SSSR count). The van der Waals surface area contributed by atoms with Gasteiger partial charge in [0.2, 0.25) is 0 Å². The van der Waals surface area contributed by atoms with Gasteiger partial charge in [0.15, 0.2) is 0 Å². The molecular formula is C14H31N. The number of hydrogen-bond donors (Lipinski definition) is 1. The molecule has 0 aromatic heterocycles. The van der Waals surface area contributed by atoms with E-state index in [2.05, 4.69) is 33.0 Å². The normalized spacial score (nSPS) is 13.4. The molecular weight excluding hydrogens is 182 g/mol. The summed E-state index contributed by atoms with van der Waals surface area (Å²) in [4.78, 5) is 0. The van der Waals surface area contributed by atoms with Crippen molar-refractivity contribution >= 4 is 0 Å². The highest BCUT2D eigenvalue weighted by molar-refractivity contribution is 4.70. The Bertz CT molecular complexity index is 121. The smallest absolute Gasteiger partial charge is 0.00900 e. The van der Waals surface area contributed by atoms with E-state index >= 15 is 0 Å². The molecule has 0 aliphatic rings. The summed E-state index contributed by atoms with van der Waals surface area (Å²) >= 11 is 0. The van der Waals surface area contributed by atoms with Crippen molar-refractivity contribution in [2.45, 2.75) is 78.7 Å². The molecule has 0 aliphatic carbocycles. The molecule has 92 valence electrons. The summed E-state index contributed by atoms with van der Waals surface area (Å²) in [5, 5.41) is 3.66. The van der Waals surface area contributed by atoms with Crippen molar-refractivity contribution in [1.82, 2.24) is 5.32 Å². The van der Waals surface area contributed by atoms with E-state index < -0.39 is 0 Å². The van der Waals surface area contributed by atoms with Gasteiger partial charge in [-0.3, -0.25) is 0 Å². The van der Waals surface area contributed by atoms with Gasteiger partial charge in [-0.15, -0.1) is 0 Å². The van der Waals surface area contributed by atoms with Crippen LogP contribution in [0.25, 0.3) is 0 Å². The fourth-order valence-corrected chi connectivity index (χ4v) is 1.97. The standard InChI is InChI=1S/C14H31N/c1-5-7-8-9-10-11-14(13(3)4)15-12-6-2/h13-15H,5-12H2,1-4H3. The summed E-state index contributed by atoms with van der Waals surface area (Å²) in [6.45, 7) is 10.4. The molecule has 0 aromatic carbocycles. The zero-order valence-electron chi connectivity index (χ0n) is 11.3. The minimum Gasteiger partial charge on any atom is -0.314 e. The number of unbranched alkanes of at least 4 members (excludes halogenated alkanes) is 4. The average molecular weight is 213 g/mol. The third kappa shape index (κ3) is 8.92. The van der Waals surface area contributed by atoms with Crippen molar-refractivity contribution in [1.29, 1.82) is 0 Å². The molecule has 0 saturated heterocycles. The fraction of sp³-hybridized carbons (Fsp3) is 1.00. The largest absolute Gasteiger partial charge is 0.314 e. The quantitative estimate of drug-likeness (QED) is 0.531. The monoisotopic (exact) mass is 213 g/mol. The third-order valence-electron chi connectivity index (χ3n) is 3.08. The molecule has 1 unspecified atom stereocenters. The maximum absolute atomic E-state index is 3.66. The second-order valence-corrected chi connectivity index (χ2v) is 5.01. The molecule has 1 N–H and O–H groups in total. The lowest BCUT2D eigenvalue weighted by Crippen LogP contribution is -2.34. The van der Waals surface area contributed by atoms with Gasteiger partial charge in [0.05, 0.1) is 0 Å². The first-order valence-corrected chi connectivity index (χ1v) is 6.95. The van der Waals surface area contributed by atoms with Gasteiger partial charge in [-0.1, -0.05) is 59.8 Å². The Morgan fingerprint density at radius 1 is 0.867 bits per heavy atom. The first-order valence-electron chi connectivity index (χ1n) is 6.95. The van der Waals surface area contributed by atoms with Crippen molar-refractivity contribution in [2.75, 3.05) is 6.54 Å². The molecule has 0 fully saturated rings. The Morgan fingerprint density at radius 3 is 2.07 bits per heavy atom. The Hall–Kier alpha value is -0.0400. The van der Waals surface area contributed by atoms with Crippen LogP contribution in [0.15, 0.2) is 0 Å². The van der Waals surface area contributed by atoms with Crippen molar-refractivity contribution < 1.29 is 0 Å². The highest BCUT2D eigenvalue weighted by Gasteiger charge is 2.10. The van der Waals surface area contributed by atoms with Crippen LogP contribution in [0, 0.1) is 5.92 Å². The molecule has 0 amide bonds. The maximum Gasteiger partial charge on any atom is 0.00900 e. The molecule has 0 saturated carbocycles. The summed E-state index contributed by atoms with van der Waals surface area (Å²) in [7, 11) is 0. The second kappa shape index (κ2) is 10.5. The molecule has 0 heterocycles. The van der Waals surface area contributed by atoms with Crippen LogP contribution in [0.5, 0.6) is 0 Å². The van der Waals surface area contributed by atoms with Crippen LogP contribution in [-0.2, 0) is 0 Å². The van der Waals surface area contributed by atoms with E-state index in [4.69, 9.17) is 0 Å². The topological polar surface area (TPSA) is 12.0 Å². The lowest BCUT2D eigenvalue weighted by atomic mass is 9.97. The van der Waals surface area contributed by atoms with Crippen LogP contribution in [0.4, 0.5) is 0 Å².